The maximum absolute atomic E-state index is 12.3. The first-order chi connectivity index (χ1) is 15.4. The monoisotopic (exact) mass is 447 g/mol. The van der Waals surface area contributed by atoms with E-state index in [9.17, 15) is 4.79 Å². The van der Waals surface area contributed by atoms with Crippen molar-refractivity contribution < 1.29 is 4.79 Å². The summed E-state index contributed by atoms with van der Waals surface area (Å²) in [7, 11) is 0. The fraction of sp³-hybridized carbons (Fsp3) is 0.217. The van der Waals surface area contributed by atoms with Crippen LogP contribution >= 0.6 is 11.8 Å². The number of nitrogens with one attached hydrogen (secondary N) is 2. The Balaban J connectivity index is 1.39. The van der Waals surface area contributed by atoms with Gasteiger partial charge in [0.05, 0.1) is 11.4 Å². The second kappa shape index (κ2) is 9.27. The van der Waals surface area contributed by atoms with Gasteiger partial charge in [-0.3, -0.25) is 9.89 Å². The highest BCUT2D eigenvalue weighted by Crippen LogP contribution is 2.25. The number of aromatic nitrogens is 5. The number of hydrogen-bond donors (Lipinski definition) is 3. The molecule has 32 heavy (non-hydrogen) atoms. The summed E-state index contributed by atoms with van der Waals surface area (Å²) in [5.41, 5.74) is 5.61. The van der Waals surface area contributed by atoms with Crippen molar-refractivity contribution in [3.05, 3.63) is 65.7 Å². The molecule has 0 bridgehead atoms. The summed E-state index contributed by atoms with van der Waals surface area (Å²) in [6.45, 7) is 6.31. The molecule has 2 aromatic carbocycles. The summed E-state index contributed by atoms with van der Waals surface area (Å²) in [5, 5.41) is 18.9. The minimum Gasteiger partial charge on any atom is -0.335 e. The Morgan fingerprint density at radius 2 is 1.84 bits per heavy atom. The summed E-state index contributed by atoms with van der Waals surface area (Å²) in [5.74, 6) is 7.10. The third-order valence-electron chi connectivity index (χ3n) is 5.02. The van der Waals surface area contributed by atoms with Gasteiger partial charge in [-0.1, -0.05) is 67.6 Å². The molecule has 164 valence electrons. The first-order valence-corrected chi connectivity index (χ1v) is 11.2. The van der Waals surface area contributed by atoms with Gasteiger partial charge >= 0.3 is 0 Å². The summed E-state index contributed by atoms with van der Waals surface area (Å²) < 4.78 is 1.36. The van der Waals surface area contributed by atoms with E-state index < -0.39 is 0 Å². The fourth-order valence-electron chi connectivity index (χ4n) is 3.15. The van der Waals surface area contributed by atoms with Gasteiger partial charge in [0.2, 0.25) is 16.9 Å². The number of carbonyl (C=O) groups is 1. The SMILES string of the molecule is Cc1ccc(-c2cc(-c3nnc(SCC(=O)Nc4ccc(C(C)C)cc4)n3N)[nH]n2)cc1. The molecule has 0 fully saturated rings. The minimum atomic E-state index is -0.139. The molecule has 0 unspecified atom stereocenters. The molecule has 0 aliphatic rings. The van der Waals surface area contributed by atoms with Gasteiger partial charge in [0.25, 0.3) is 0 Å². The number of aromatic amines is 1. The summed E-state index contributed by atoms with van der Waals surface area (Å²) >= 11 is 1.22. The van der Waals surface area contributed by atoms with Crippen LogP contribution in [0.2, 0.25) is 0 Å². The molecule has 0 saturated heterocycles. The number of nitrogen functional groups attached to an aromatic ring is 1. The van der Waals surface area contributed by atoms with Crippen molar-refractivity contribution in [1.29, 1.82) is 0 Å². The van der Waals surface area contributed by atoms with E-state index in [1.807, 2.05) is 61.5 Å². The van der Waals surface area contributed by atoms with Crippen molar-refractivity contribution in [2.45, 2.75) is 31.8 Å². The zero-order valence-corrected chi connectivity index (χ0v) is 19.0. The summed E-state index contributed by atoms with van der Waals surface area (Å²) in [6.07, 6.45) is 0. The summed E-state index contributed by atoms with van der Waals surface area (Å²) in [6, 6.07) is 17.8. The number of thioether (sulfide) groups is 1. The molecule has 0 atom stereocenters. The van der Waals surface area contributed by atoms with Gasteiger partial charge in [0.15, 0.2) is 0 Å². The van der Waals surface area contributed by atoms with Gasteiger partial charge < -0.3 is 11.2 Å². The van der Waals surface area contributed by atoms with Gasteiger partial charge in [-0.2, -0.15) is 5.10 Å². The van der Waals surface area contributed by atoms with Gasteiger partial charge in [-0.15, -0.1) is 10.2 Å². The minimum absolute atomic E-state index is 0.139. The Morgan fingerprint density at radius 3 is 2.53 bits per heavy atom. The number of nitrogens with zero attached hydrogens (tertiary/aromatic N) is 4. The molecule has 0 radical (unpaired) electrons. The van der Waals surface area contributed by atoms with Gasteiger partial charge in [0, 0.05) is 11.3 Å². The number of carbonyl (C=O) groups excluding carboxylic acids is 1. The van der Waals surface area contributed by atoms with E-state index in [4.69, 9.17) is 5.84 Å². The molecule has 0 spiro atoms. The van der Waals surface area contributed by atoms with Crippen molar-refractivity contribution in [3.8, 4) is 22.8 Å². The van der Waals surface area contributed by atoms with Crippen molar-refractivity contribution in [2.75, 3.05) is 16.9 Å². The molecule has 0 aliphatic carbocycles. The van der Waals surface area contributed by atoms with Crippen LogP contribution in [0.25, 0.3) is 22.8 Å². The molecular weight excluding hydrogens is 422 g/mol. The van der Waals surface area contributed by atoms with Gasteiger partial charge in [-0.05, 0) is 36.6 Å². The number of rotatable bonds is 7. The van der Waals surface area contributed by atoms with Crippen LogP contribution in [-0.4, -0.2) is 36.7 Å². The number of benzene rings is 2. The topological polar surface area (TPSA) is 115 Å². The van der Waals surface area contributed by atoms with Crippen LogP contribution in [0.5, 0.6) is 0 Å². The first kappa shape index (κ1) is 21.6. The number of amides is 1. The Bertz CT molecular complexity index is 1210. The van der Waals surface area contributed by atoms with Crippen LogP contribution in [0.3, 0.4) is 0 Å². The van der Waals surface area contributed by atoms with E-state index in [2.05, 4.69) is 39.6 Å². The average molecular weight is 448 g/mol. The van der Waals surface area contributed by atoms with E-state index in [1.54, 1.807) is 0 Å². The van der Waals surface area contributed by atoms with Crippen molar-refractivity contribution in [1.82, 2.24) is 25.1 Å². The van der Waals surface area contributed by atoms with E-state index >= 15 is 0 Å². The number of hydrogen-bond acceptors (Lipinski definition) is 6. The fourth-order valence-corrected chi connectivity index (χ4v) is 3.80. The zero-order chi connectivity index (χ0) is 22.7. The van der Waals surface area contributed by atoms with Crippen LogP contribution in [-0.2, 0) is 4.79 Å². The van der Waals surface area contributed by atoms with Crippen molar-refractivity contribution in [3.63, 3.8) is 0 Å². The number of H-pyrrole nitrogens is 1. The van der Waals surface area contributed by atoms with Crippen molar-refractivity contribution >= 4 is 23.4 Å². The smallest absolute Gasteiger partial charge is 0.234 e. The second-order valence-corrected chi connectivity index (χ2v) is 8.77. The quantitative estimate of drug-likeness (QED) is 0.289. The zero-order valence-electron chi connectivity index (χ0n) is 18.2. The lowest BCUT2D eigenvalue weighted by Gasteiger charge is -2.08. The standard InChI is InChI=1S/C23H25N7OS/c1-14(2)16-8-10-18(11-9-16)25-21(31)13-32-23-29-28-22(30(23)24)20-12-19(26-27-20)17-6-4-15(3)5-7-17/h4-12,14H,13,24H2,1-3H3,(H,25,31)(H,26,27). The van der Waals surface area contributed by atoms with E-state index in [0.717, 1.165) is 16.9 Å². The molecule has 2 heterocycles. The van der Waals surface area contributed by atoms with Crippen LogP contribution in [0.1, 0.15) is 30.9 Å². The van der Waals surface area contributed by atoms with Crippen LogP contribution < -0.4 is 11.2 Å². The molecule has 2 aromatic heterocycles. The third kappa shape index (κ3) is 4.83. The van der Waals surface area contributed by atoms with E-state index in [-0.39, 0.29) is 11.7 Å². The van der Waals surface area contributed by atoms with Gasteiger partial charge in [0.1, 0.15) is 5.69 Å². The molecular formula is C23H25N7OS. The lowest BCUT2D eigenvalue weighted by molar-refractivity contribution is -0.113. The highest BCUT2D eigenvalue weighted by atomic mass is 32.2. The molecule has 9 heteroatoms. The van der Waals surface area contributed by atoms with Crippen LogP contribution in [0.15, 0.2) is 59.8 Å². The predicted octanol–water partition coefficient (Wildman–Crippen LogP) is 4.21. The predicted molar refractivity (Wildman–Crippen MR) is 128 cm³/mol. The Morgan fingerprint density at radius 1 is 1.12 bits per heavy atom. The normalized spacial score (nSPS) is 11.1. The molecule has 0 aliphatic heterocycles. The Kier molecular flexibility index (Phi) is 6.27. The van der Waals surface area contributed by atoms with E-state index in [1.165, 1.54) is 27.6 Å². The second-order valence-electron chi connectivity index (χ2n) is 7.82. The lowest BCUT2D eigenvalue weighted by atomic mass is 10.0. The highest BCUT2D eigenvalue weighted by Gasteiger charge is 2.16. The number of aryl methyl sites for hydroxylation is 1. The van der Waals surface area contributed by atoms with Crippen LogP contribution in [0, 0.1) is 6.92 Å². The lowest BCUT2D eigenvalue weighted by Crippen LogP contribution is -2.16. The molecule has 4 N–H and O–H groups in total. The Hall–Kier alpha value is -3.59. The van der Waals surface area contributed by atoms with E-state index in [0.29, 0.717) is 22.6 Å². The molecule has 4 aromatic rings. The Labute approximate surface area is 190 Å². The number of nitrogens with two attached hydrogens (primary N) is 1. The molecule has 1 amide bonds. The van der Waals surface area contributed by atoms with Crippen LogP contribution in [0.4, 0.5) is 5.69 Å². The first-order valence-electron chi connectivity index (χ1n) is 10.3. The third-order valence-corrected chi connectivity index (χ3v) is 5.97. The molecule has 0 saturated carbocycles. The van der Waals surface area contributed by atoms with Gasteiger partial charge in [-0.25, -0.2) is 4.68 Å². The maximum Gasteiger partial charge on any atom is 0.234 e. The summed E-state index contributed by atoms with van der Waals surface area (Å²) in [4.78, 5) is 12.3. The molecule has 8 nitrogen and oxygen atoms in total. The molecule has 4 rings (SSSR count). The largest absolute Gasteiger partial charge is 0.335 e. The highest BCUT2D eigenvalue weighted by molar-refractivity contribution is 7.99. The number of anilines is 1. The average Bonchev–Trinajstić information content (AvgIpc) is 3.40. The maximum atomic E-state index is 12.3. The van der Waals surface area contributed by atoms with Crippen molar-refractivity contribution in [2.24, 2.45) is 0 Å².